The van der Waals surface area contributed by atoms with Gasteiger partial charge in [-0.15, -0.1) is 0 Å². The van der Waals surface area contributed by atoms with E-state index in [1.807, 2.05) is 6.07 Å². The SMILES string of the molecule is NC(C1=CCCC1)c1cccc(Br)c1F. The van der Waals surface area contributed by atoms with Crippen molar-refractivity contribution in [3.05, 3.63) is 45.7 Å². The number of hydrogen-bond acceptors (Lipinski definition) is 1. The molecule has 1 aliphatic carbocycles. The number of rotatable bonds is 2. The highest BCUT2D eigenvalue weighted by atomic mass is 79.9. The predicted octanol–water partition coefficient (Wildman–Crippen LogP) is 3.70. The van der Waals surface area contributed by atoms with Crippen molar-refractivity contribution in [1.82, 2.24) is 0 Å². The van der Waals surface area contributed by atoms with E-state index in [1.54, 1.807) is 12.1 Å². The van der Waals surface area contributed by atoms with Gasteiger partial charge in [0.2, 0.25) is 0 Å². The van der Waals surface area contributed by atoms with Crippen LogP contribution >= 0.6 is 15.9 Å². The maximum absolute atomic E-state index is 13.8. The Morgan fingerprint density at radius 1 is 1.40 bits per heavy atom. The average Bonchev–Trinajstić information content (AvgIpc) is 2.74. The number of allylic oxidation sites excluding steroid dienone is 1. The monoisotopic (exact) mass is 269 g/mol. The maximum atomic E-state index is 13.8. The van der Waals surface area contributed by atoms with Crippen LogP contribution in [0.25, 0.3) is 0 Å². The summed E-state index contributed by atoms with van der Waals surface area (Å²) in [6, 6.07) is 4.97. The molecule has 0 aromatic heterocycles. The third-order valence-electron chi connectivity index (χ3n) is 2.79. The molecule has 0 saturated heterocycles. The minimum absolute atomic E-state index is 0.238. The first kappa shape index (κ1) is 10.8. The molecule has 1 aromatic carbocycles. The van der Waals surface area contributed by atoms with Crippen LogP contribution in [0, 0.1) is 5.82 Å². The van der Waals surface area contributed by atoms with Gasteiger partial charge in [-0.05, 0) is 41.3 Å². The van der Waals surface area contributed by atoms with Crippen LogP contribution in [0.15, 0.2) is 34.3 Å². The van der Waals surface area contributed by atoms with Crippen LogP contribution in [-0.4, -0.2) is 0 Å². The summed E-state index contributed by atoms with van der Waals surface area (Å²) in [5, 5.41) is 0. The lowest BCUT2D eigenvalue weighted by Crippen LogP contribution is -2.14. The van der Waals surface area contributed by atoms with E-state index in [-0.39, 0.29) is 11.9 Å². The molecule has 0 bridgehead atoms. The molecule has 0 aliphatic heterocycles. The summed E-state index contributed by atoms with van der Waals surface area (Å²) in [6.07, 6.45) is 5.33. The summed E-state index contributed by atoms with van der Waals surface area (Å²) in [4.78, 5) is 0. The molecule has 1 aromatic rings. The average molecular weight is 270 g/mol. The fourth-order valence-electron chi connectivity index (χ4n) is 1.94. The summed E-state index contributed by atoms with van der Waals surface area (Å²) in [6.45, 7) is 0. The van der Waals surface area contributed by atoms with Crippen molar-refractivity contribution in [3.63, 3.8) is 0 Å². The Kier molecular flexibility index (Phi) is 3.22. The second-order valence-electron chi connectivity index (χ2n) is 3.79. The normalized spacial score (nSPS) is 17.7. The Bertz CT molecular complexity index is 401. The highest BCUT2D eigenvalue weighted by Gasteiger charge is 2.18. The van der Waals surface area contributed by atoms with Gasteiger partial charge in [0, 0.05) is 5.56 Å². The van der Waals surface area contributed by atoms with Crippen molar-refractivity contribution in [1.29, 1.82) is 0 Å². The van der Waals surface area contributed by atoms with Crippen LogP contribution in [0.1, 0.15) is 30.9 Å². The van der Waals surface area contributed by atoms with Crippen molar-refractivity contribution >= 4 is 15.9 Å². The first-order chi connectivity index (χ1) is 7.20. The summed E-state index contributed by atoms with van der Waals surface area (Å²) in [5.41, 5.74) is 7.78. The Morgan fingerprint density at radius 3 is 2.87 bits per heavy atom. The van der Waals surface area contributed by atoms with Crippen LogP contribution < -0.4 is 5.73 Å². The van der Waals surface area contributed by atoms with Gasteiger partial charge in [-0.3, -0.25) is 0 Å². The fraction of sp³-hybridized carbons (Fsp3) is 0.333. The van der Waals surface area contributed by atoms with Gasteiger partial charge < -0.3 is 5.73 Å². The largest absolute Gasteiger partial charge is 0.320 e. The van der Waals surface area contributed by atoms with E-state index < -0.39 is 0 Å². The predicted molar refractivity (Wildman–Crippen MR) is 63.0 cm³/mol. The fourth-order valence-corrected chi connectivity index (χ4v) is 2.32. The first-order valence-electron chi connectivity index (χ1n) is 5.08. The Hall–Kier alpha value is -0.670. The van der Waals surface area contributed by atoms with Gasteiger partial charge in [0.1, 0.15) is 5.82 Å². The van der Waals surface area contributed by atoms with Gasteiger partial charge in [-0.2, -0.15) is 0 Å². The minimum Gasteiger partial charge on any atom is -0.320 e. The van der Waals surface area contributed by atoms with Gasteiger partial charge in [0.05, 0.1) is 10.5 Å². The van der Waals surface area contributed by atoms with Crippen molar-refractivity contribution < 1.29 is 4.39 Å². The second kappa shape index (κ2) is 4.45. The molecule has 0 amide bonds. The summed E-state index contributed by atoms with van der Waals surface area (Å²) in [7, 11) is 0. The lowest BCUT2D eigenvalue weighted by atomic mass is 9.99. The summed E-state index contributed by atoms with van der Waals surface area (Å²) in [5.74, 6) is -0.238. The van der Waals surface area contributed by atoms with E-state index in [4.69, 9.17) is 5.73 Å². The van der Waals surface area contributed by atoms with E-state index >= 15 is 0 Å². The molecule has 1 aliphatic rings. The van der Waals surface area contributed by atoms with Crippen LogP contribution in [-0.2, 0) is 0 Å². The zero-order valence-corrected chi connectivity index (χ0v) is 9.93. The van der Waals surface area contributed by atoms with Crippen molar-refractivity contribution in [2.75, 3.05) is 0 Å². The lowest BCUT2D eigenvalue weighted by molar-refractivity contribution is 0.589. The number of benzene rings is 1. The Balaban J connectivity index is 2.32. The molecule has 80 valence electrons. The standard InChI is InChI=1S/C12H13BrFN/c13-10-7-3-6-9(11(10)14)12(15)8-4-1-2-5-8/h3-4,6-7,12H,1-2,5,15H2. The van der Waals surface area contributed by atoms with Gasteiger partial charge in [-0.25, -0.2) is 4.39 Å². The molecule has 1 nitrogen and oxygen atoms in total. The molecule has 2 rings (SSSR count). The molecule has 15 heavy (non-hydrogen) atoms. The molecule has 0 fully saturated rings. The topological polar surface area (TPSA) is 26.0 Å². The molecule has 0 saturated carbocycles. The smallest absolute Gasteiger partial charge is 0.142 e. The number of halogens is 2. The highest BCUT2D eigenvalue weighted by Crippen LogP contribution is 2.31. The van der Waals surface area contributed by atoms with Crippen molar-refractivity contribution in [3.8, 4) is 0 Å². The zero-order chi connectivity index (χ0) is 10.8. The number of nitrogens with two attached hydrogens (primary N) is 1. The molecular formula is C12H13BrFN. The lowest BCUT2D eigenvalue weighted by Gasteiger charge is -2.14. The quantitative estimate of drug-likeness (QED) is 0.815. The minimum atomic E-state index is -0.287. The van der Waals surface area contributed by atoms with Gasteiger partial charge in [-0.1, -0.05) is 23.8 Å². The van der Waals surface area contributed by atoms with Crippen LogP contribution in [0.4, 0.5) is 4.39 Å². The van der Waals surface area contributed by atoms with Crippen molar-refractivity contribution in [2.45, 2.75) is 25.3 Å². The number of hydrogen-bond donors (Lipinski definition) is 1. The molecule has 1 unspecified atom stereocenters. The molecule has 2 N–H and O–H groups in total. The molecule has 1 atom stereocenters. The van der Waals surface area contributed by atoms with Gasteiger partial charge in [0.25, 0.3) is 0 Å². The van der Waals surface area contributed by atoms with Gasteiger partial charge in [0.15, 0.2) is 0 Å². The van der Waals surface area contributed by atoms with Gasteiger partial charge >= 0.3 is 0 Å². The van der Waals surface area contributed by atoms with Crippen molar-refractivity contribution in [2.24, 2.45) is 5.73 Å². The third-order valence-corrected chi connectivity index (χ3v) is 3.40. The van der Waals surface area contributed by atoms with Crippen LogP contribution in [0.5, 0.6) is 0 Å². The highest BCUT2D eigenvalue weighted by molar-refractivity contribution is 9.10. The zero-order valence-electron chi connectivity index (χ0n) is 8.34. The van der Waals surface area contributed by atoms with E-state index in [0.717, 1.165) is 24.8 Å². The summed E-state index contributed by atoms with van der Waals surface area (Å²) < 4.78 is 14.2. The van der Waals surface area contributed by atoms with E-state index in [2.05, 4.69) is 22.0 Å². The third kappa shape index (κ3) is 2.13. The van der Waals surface area contributed by atoms with Crippen LogP contribution in [0.2, 0.25) is 0 Å². The Morgan fingerprint density at radius 2 is 2.20 bits per heavy atom. The second-order valence-corrected chi connectivity index (χ2v) is 4.65. The molecule has 0 radical (unpaired) electrons. The molecule has 0 spiro atoms. The maximum Gasteiger partial charge on any atom is 0.142 e. The van der Waals surface area contributed by atoms with E-state index in [9.17, 15) is 4.39 Å². The first-order valence-corrected chi connectivity index (χ1v) is 5.88. The summed E-state index contributed by atoms with van der Waals surface area (Å²) >= 11 is 3.17. The van der Waals surface area contributed by atoms with E-state index in [0.29, 0.717) is 10.0 Å². The molecule has 3 heteroatoms. The Labute approximate surface area is 97.3 Å². The molecular weight excluding hydrogens is 257 g/mol. The van der Waals surface area contributed by atoms with Crippen LogP contribution in [0.3, 0.4) is 0 Å². The van der Waals surface area contributed by atoms with E-state index in [1.165, 1.54) is 0 Å². The molecule has 0 heterocycles.